The lowest BCUT2D eigenvalue weighted by atomic mass is 10.1. The zero-order valence-corrected chi connectivity index (χ0v) is 15.2. The second-order valence-corrected chi connectivity index (χ2v) is 6.00. The summed E-state index contributed by atoms with van der Waals surface area (Å²) in [6, 6.07) is 12.6. The quantitative estimate of drug-likeness (QED) is 0.651. The van der Waals surface area contributed by atoms with Gasteiger partial charge in [-0.05, 0) is 43.2 Å². The monoisotopic (exact) mass is 364 g/mol. The van der Waals surface area contributed by atoms with E-state index in [1.807, 2.05) is 18.2 Å². The fourth-order valence-corrected chi connectivity index (χ4v) is 2.59. The van der Waals surface area contributed by atoms with E-state index in [-0.39, 0.29) is 18.3 Å². The van der Waals surface area contributed by atoms with E-state index in [9.17, 15) is 9.59 Å². The number of ether oxygens (including phenoxy) is 1. The molecule has 7 heteroatoms. The Morgan fingerprint density at radius 3 is 2.59 bits per heavy atom. The van der Waals surface area contributed by atoms with Crippen LogP contribution in [0.3, 0.4) is 0 Å². The van der Waals surface area contributed by atoms with Gasteiger partial charge in [0, 0.05) is 11.3 Å². The van der Waals surface area contributed by atoms with Gasteiger partial charge in [-0.25, -0.2) is 0 Å². The van der Waals surface area contributed by atoms with Gasteiger partial charge in [-0.2, -0.15) is 0 Å². The van der Waals surface area contributed by atoms with Crippen molar-refractivity contribution in [3.05, 3.63) is 66.2 Å². The first-order valence-corrected chi connectivity index (χ1v) is 8.58. The predicted octanol–water partition coefficient (Wildman–Crippen LogP) is 3.05. The summed E-state index contributed by atoms with van der Waals surface area (Å²) in [5, 5.41) is 10.4. The molecule has 0 saturated carbocycles. The third-order valence-electron chi connectivity index (χ3n) is 4.04. The minimum Gasteiger partial charge on any atom is -0.482 e. The second-order valence-electron chi connectivity index (χ2n) is 6.00. The Hall–Kier alpha value is -3.48. The standard InChI is InChI=1S/C20H20N4O3/c1-3-15-7-8-19(18(9-15)24-12-21-22-13-24)27-11-20(26)23-17-6-4-5-16(10-17)14(2)25/h4-10,12-13H,3,11H2,1-2H3,(H,23,26). The van der Waals surface area contributed by atoms with Gasteiger partial charge in [0.2, 0.25) is 0 Å². The number of amides is 1. The van der Waals surface area contributed by atoms with Gasteiger partial charge in [0.15, 0.2) is 12.4 Å². The van der Waals surface area contributed by atoms with Crippen LogP contribution in [0.4, 0.5) is 5.69 Å². The number of carbonyl (C=O) groups excluding carboxylic acids is 2. The van der Waals surface area contributed by atoms with Crippen molar-refractivity contribution in [2.24, 2.45) is 0 Å². The van der Waals surface area contributed by atoms with Crippen LogP contribution < -0.4 is 10.1 Å². The van der Waals surface area contributed by atoms with E-state index in [0.29, 0.717) is 17.0 Å². The van der Waals surface area contributed by atoms with Crippen molar-refractivity contribution in [3.8, 4) is 11.4 Å². The summed E-state index contributed by atoms with van der Waals surface area (Å²) in [5.74, 6) is 0.182. The highest BCUT2D eigenvalue weighted by Gasteiger charge is 2.11. The number of Topliss-reactive ketones (excluding diaryl/α,β-unsaturated/α-hetero) is 1. The molecule has 27 heavy (non-hydrogen) atoms. The van der Waals surface area contributed by atoms with Crippen LogP contribution in [0.1, 0.15) is 29.8 Å². The molecule has 1 aromatic heterocycles. The summed E-state index contributed by atoms with van der Waals surface area (Å²) >= 11 is 0. The van der Waals surface area contributed by atoms with Crippen molar-refractivity contribution in [3.63, 3.8) is 0 Å². The third-order valence-corrected chi connectivity index (χ3v) is 4.04. The van der Waals surface area contributed by atoms with Crippen molar-refractivity contribution in [1.29, 1.82) is 0 Å². The number of aromatic nitrogens is 3. The maximum Gasteiger partial charge on any atom is 0.262 e. The van der Waals surface area contributed by atoms with Gasteiger partial charge in [0.1, 0.15) is 18.4 Å². The normalized spacial score (nSPS) is 10.4. The predicted molar refractivity (Wildman–Crippen MR) is 101 cm³/mol. The van der Waals surface area contributed by atoms with Crippen LogP contribution in [0.15, 0.2) is 55.1 Å². The van der Waals surface area contributed by atoms with Gasteiger partial charge >= 0.3 is 0 Å². The van der Waals surface area contributed by atoms with Crippen molar-refractivity contribution < 1.29 is 14.3 Å². The molecule has 7 nitrogen and oxygen atoms in total. The largest absolute Gasteiger partial charge is 0.482 e. The first-order valence-electron chi connectivity index (χ1n) is 8.58. The Balaban J connectivity index is 1.70. The lowest BCUT2D eigenvalue weighted by Crippen LogP contribution is -2.20. The molecule has 2 aromatic carbocycles. The molecule has 0 unspecified atom stereocenters. The van der Waals surface area contributed by atoms with Crippen LogP contribution in [-0.4, -0.2) is 33.1 Å². The first kappa shape index (κ1) is 18.3. The summed E-state index contributed by atoms with van der Waals surface area (Å²) in [7, 11) is 0. The summed E-state index contributed by atoms with van der Waals surface area (Å²) in [5.41, 5.74) is 3.00. The molecule has 3 aromatic rings. The number of hydrogen-bond acceptors (Lipinski definition) is 5. The second kappa shape index (κ2) is 8.27. The van der Waals surface area contributed by atoms with Crippen LogP contribution in [0.2, 0.25) is 0 Å². The zero-order valence-electron chi connectivity index (χ0n) is 15.2. The fraction of sp³-hybridized carbons (Fsp3) is 0.200. The Morgan fingerprint density at radius 2 is 1.89 bits per heavy atom. The van der Waals surface area contributed by atoms with E-state index < -0.39 is 0 Å². The molecular formula is C20H20N4O3. The minimum atomic E-state index is -0.315. The van der Waals surface area contributed by atoms with Gasteiger partial charge in [-0.3, -0.25) is 14.2 Å². The molecule has 0 aliphatic heterocycles. The number of anilines is 1. The van der Waals surface area contributed by atoms with Crippen LogP contribution in [0.5, 0.6) is 5.75 Å². The maximum absolute atomic E-state index is 12.2. The molecule has 0 spiro atoms. The number of nitrogens with one attached hydrogen (secondary N) is 1. The maximum atomic E-state index is 12.2. The van der Waals surface area contributed by atoms with Crippen LogP contribution in [0, 0.1) is 0 Å². The number of nitrogens with zero attached hydrogens (tertiary/aromatic N) is 3. The van der Waals surface area contributed by atoms with E-state index in [0.717, 1.165) is 17.7 Å². The zero-order chi connectivity index (χ0) is 19.2. The summed E-state index contributed by atoms with van der Waals surface area (Å²) in [4.78, 5) is 23.7. The third kappa shape index (κ3) is 4.58. The number of aryl methyl sites for hydroxylation is 1. The van der Waals surface area contributed by atoms with Gasteiger partial charge in [0.05, 0.1) is 5.69 Å². The van der Waals surface area contributed by atoms with E-state index in [4.69, 9.17) is 4.74 Å². The molecular weight excluding hydrogens is 344 g/mol. The molecule has 0 atom stereocenters. The van der Waals surface area contributed by atoms with Gasteiger partial charge < -0.3 is 10.1 Å². The number of carbonyl (C=O) groups is 2. The molecule has 0 aliphatic rings. The van der Waals surface area contributed by atoms with Crippen LogP contribution in [-0.2, 0) is 11.2 Å². The summed E-state index contributed by atoms with van der Waals surface area (Å²) < 4.78 is 7.46. The van der Waals surface area contributed by atoms with Crippen molar-refractivity contribution in [2.45, 2.75) is 20.3 Å². The highest BCUT2D eigenvalue weighted by Crippen LogP contribution is 2.24. The molecule has 138 valence electrons. The van der Waals surface area contributed by atoms with Gasteiger partial charge in [-0.15, -0.1) is 10.2 Å². The lowest BCUT2D eigenvalue weighted by molar-refractivity contribution is -0.118. The van der Waals surface area contributed by atoms with Gasteiger partial charge in [-0.1, -0.05) is 25.1 Å². The van der Waals surface area contributed by atoms with E-state index in [1.165, 1.54) is 6.92 Å². The molecule has 1 amide bonds. The molecule has 0 aliphatic carbocycles. The highest BCUT2D eigenvalue weighted by molar-refractivity contribution is 5.97. The Bertz CT molecular complexity index is 952. The average molecular weight is 364 g/mol. The summed E-state index contributed by atoms with van der Waals surface area (Å²) in [6.07, 6.45) is 4.03. The molecule has 3 rings (SSSR count). The number of ketones is 1. The fourth-order valence-electron chi connectivity index (χ4n) is 2.59. The molecule has 1 N–H and O–H groups in total. The lowest BCUT2D eigenvalue weighted by Gasteiger charge is -2.13. The van der Waals surface area contributed by atoms with Crippen LogP contribution >= 0.6 is 0 Å². The molecule has 0 bridgehead atoms. The molecule has 0 saturated heterocycles. The minimum absolute atomic E-state index is 0.0584. The Kier molecular flexibility index (Phi) is 5.61. The smallest absolute Gasteiger partial charge is 0.262 e. The SMILES string of the molecule is CCc1ccc(OCC(=O)Nc2cccc(C(C)=O)c2)c(-n2cnnc2)c1. The molecule has 1 heterocycles. The van der Waals surface area contributed by atoms with Crippen molar-refractivity contribution in [1.82, 2.24) is 14.8 Å². The van der Waals surface area contributed by atoms with Crippen molar-refractivity contribution >= 4 is 17.4 Å². The Labute approximate surface area is 157 Å². The van der Waals surface area contributed by atoms with E-state index >= 15 is 0 Å². The van der Waals surface area contributed by atoms with E-state index in [1.54, 1.807) is 41.5 Å². The number of benzene rings is 2. The topological polar surface area (TPSA) is 86.1 Å². The van der Waals surface area contributed by atoms with Crippen LogP contribution in [0.25, 0.3) is 5.69 Å². The van der Waals surface area contributed by atoms with Gasteiger partial charge in [0.25, 0.3) is 5.91 Å². The van der Waals surface area contributed by atoms with E-state index in [2.05, 4.69) is 22.4 Å². The average Bonchev–Trinajstić information content (AvgIpc) is 3.21. The highest BCUT2D eigenvalue weighted by atomic mass is 16.5. The Morgan fingerprint density at radius 1 is 1.11 bits per heavy atom. The molecule has 0 radical (unpaired) electrons. The summed E-state index contributed by atoms with van der Waals surface area (Å²) in [6.45, 7) is 3.38. The molecule has 0 fully saturated rings. The van der Waals surface area contributed by atoms with Crippen molar-refractivity contribution in [2.75, 3.05) is 11.9 Å². The number of rotatable bonds is 7. The number of hydrogen-bond donors (Lipinski definition) is 1. The first-order chi connectivity index (χ1) is 13.1.